The molecule has 0 heterocycles. The van der Waals surface area contributed by atoms with E-state index in [-0.39, 0.29) is 12.6 Å². The van der Waals surface area contributed by atoms with Gasteiger partial charge in [0.15, 0.2) is 0 Å². The maximum absolute atomic E-state index is 11.9. The molecule has 1 rings (SSSR count). The first-order chi connectivity index (χ1) is 8.92. The topological polar surface area (TPSA) is 21.3 Å². The van der Waals surface area contributed by atoms with Crippen LogP contribution in [0.3, 0.4) is 0 Å². The lowest BCUT2D eigenvalue weighted by molar-refractivity contribution is -0.174. The fraction of sp³-hybridized carbons (Fsp3) is 0.538. The number of alkyl halides is 3. The predicted molar refractivity (Wildman–Crippen MR) is 72.1 cm³/mol. The molecule has 0 saturated carbocycles. The molecule has 1 aromatic carbocycles. The Bertz CT molecular complexity index is 367. The molecule has 1 atom stereocenters. The van der Waals surface area contributed by atoms with Gasteiger partial charge in [-0.05, 0) is 37.6 Å². The summed E-state index contributed by atoms with van der Waals surface area (Å²) in [6.45, 7) is -1.05. The highest BCUT2D eigenvalue weighted by molar-refractivity contribution is 9.10. The summed E-state index contributed by atoms with van der Waals surface area (Å²) in [5, 5.41) is 3.15. The maximum Gasteiger partial charge on any atom is 0.411 e. The normalized spacial score (nSPS) is 13.5. The molecule has 0 aliphatic heterocycles. The molecule has 2 nitrogen and oxygen atoms in total. The van der Waals surface area contributed by atoms with E-state index < -0.39 is 12.8 Å². The fourth-order valence-corrected chi connectivity index (χ4v) is 2.01. The van der Waals surface area contributed by atoms with Crippen LogP contribution in [-0.4, -0.2) is 26.4 Å². The van der Waals surface area contributed by atoms with Gasteiger partial charge in [-0.1, -0.05) is 28.1 Å². The van der Waals surface area contributed by atoms with Crippen molar-refractivity contribution in [3.63, 3.8) is 0 Å². The molecule has 0 spiro atoms. The lowest BCUT2D eigenvalue weighted by atomic mass is 10.0. The number of rotatable bonds is 7. The Morgan fingerprint density at radius 1 is 1.26 bits per heavy atom. The fourth-order valence-electron chi connectivity index (χ4n) is 1.75. The maximum atomic E-state index is 11.9. The zero-order chi connectivity index (χ0) is 14.3. The van der Waals surface area contributed by atoms with Crippen molar-refractivity contribution in [3.05, 3.63) is 34.3 Å². The number of benzene rings is 1. The van der Waals surface area contributed by atoms with Gasteiger partial charge in [-0.3, -0.25) is 0 Å². The lowest BCUT2D eigenvalue weighted by Gasteiger charge is -2.17. The van der Waals surface area contributed by atoms with Gasteiger partial charge in [0.25, 0.3) is 0 Å². The average Bonchev–Trinajstić information content (AvgIpc) is 2.34. The largest absolute Gasteiger partial charge is 0.411 e. The van der Waals surface area contributed by atoms with E-state index in [0.29, 0.717) is 6.42 Å². The molecule has 0 radical (unpaired) electrons. The summed E-state index contributed by atoms with van der Waals surface area (Å²) < 4.78 is 41.2. The van der Waals surface area contributed by atoms with Gasteiger partial charge in [-0.25, -0.2) is 0 Å². The summed E-state index contributed by atoms with van der Waals surface area (Å²) in [6.07, 6.45) is -2.93. The smallest absolute Gasteiger partial charge is 0.372 e. The molecule has 6 heteroatoms. The second-order valence-corrected chi connectivity index (χ2v) is 5.12. The predicted octanol–water partition coefficient (Wildman–Crippen LogP) is 4.07. The zero-order valence-electron chi connectivity index (χ0n) is 10.6. The van der Waals surface area contributed by atoms with Crippen molar-refractivity contribution < 1.29 is 17.9 Å². The Labute approximate surface area is 119 Å². The Morgan fingerprint density at radius 2 is 1.89 bits per heavy atom. The third kappa shape index (κ3) is 6.94. The Kier molecular flexibility index (Phi) is 6.82. The summed E-state index contributed by atoms with van der Waals surface area (Å²) in [5.41, 5.74) is 1.11. The van der Waals surface area contributed by atoms with Crippen molar-refractivity contribution in [2.45, 2.75) is 25.1 Å². The van der Waals surface area contributed by atoms with Gasteiger partial charge in [-0.15, -0.1) is 0 Å². The van der Waals surface area contributed by atoms with Crippen molar-refractivity contribution in [2.75, 3.05) is 20.3 Å². The molecule has 0 aromatic heterocycles. The molecule has 0 amide bonds. The second-order valence-electron chi connectivity index (χ2n) is 4.20. The molecule has 108 valence electrons. The van der Waals surface area contributed by atoms with E-state index in [0.717, 1.165) is 16.5 Å². The SMILES string of the molecule is CNC(CCCOCC(F)(F)F)c1ccc(Br)cc1. The highest BCUT2D eigenvalue weighted by atomic mass is 79.9. The van der Waals surface area contributed by atoms with Gasteiger partial charge in [0.1, 0.15) is 6.61 Å². The molecule has 1 aromatic rings. The molecule has 19 heavy (non-hydrogen) atoms. The number of hydrogen-bond acceptors (Lipinski definition) is 2. The van der Waals surface area contributed by atoms with Gasteiger partial charge >= 0.3 is 6.18 Å². The standard InChI is InChI=1S/C13H17BrF3NO/c1-18-12(10-4-6-11(14)7-5-10)3-2-8-19-9-13(15,16)17/h4-7,12,18H,2-3,8-9H2,1H3. The molecule has 1 unspecified atom stereocenters. The van der Waals surface area contributed by atoms with Crippen molar-refractivity contribution in [1.82, 2.24) is 5.32 Å². The van der Waals surface area contributed by atoms with Crippen LogP contribution in [0.1, 0.15) is 24.4 Å². The lowest BCUT2D eigenvalue weighted by Crippen LogP contribution is -2.19. The Balaban J connectivity index is 2.31. The minimum absolute atomic E-state index is 0.119. The first-order valence-electron chi connectivity index (χ1n) is 5.99. The van der Waals surface area contributed by atoms with E-state index in [9.17, 15) is 13.2 Å². The highest BCUT2D eigenvalue weighted by Crippen LogP contribution is 2.21. The highest BCUT2D eigenvalue weighted by Gasteiger charge is 2.27. The zero-order valence-corrected chi connectivity index (χ0v) is 12.2. The van der Waals surface area contributed by atoms with Crippen LogP contribution in [0.2, 0.25) is 0 Å². The number of hydrogen-bond donors (Lipinski definition) is 1. The molecule has 0 aliphatic carbocycles. The molecular formula is C13H17BrF3NO. The van der Waals surface area contributed by atoms with Crippen LogP contribution in [0.15, 0.2) is 28.7 Å². The minimum atomic E-state index is -4.24. The van der Waals surface area contributed by atoms with Crippen molar-refractivity contribution in [2.24, 2.45) is 0 Å². The van der Waals surface area contributed by atoms with Crippen molar-refractivity contribution in [3.8, 4) is 0 Å². The van der Waals surface area contributed by atoms with E-state index in [2.05, 4.69) is 26.0 Å². The third-order valence-electron chi connectivity index (χ3n) is 2.67. The number of ether oxygens (including phenoxy) is 1. The first-order valence-corrected chi connectivity index (χ1v) is 6.79. The van der Waals surface area contributed by atoms with Crippen molar-refractivity contribution in [1.29, 1.82) is 0 Å². The summed E-state index contributed by atoms with van der Waals surface area (Å²) in [5.74, 6) is 0. The summed E-state index contributed by atoms with van der Waals surface area (Å²) in [6, 6.07) is 7.99. The molecule has 0 fully saturated rings. The van der Waals surface area contributed by atoms with Crippen LogP contribution in [-0.2, 0) is 4.74 Å². The van der Waals surface area contributed by atoms with Crippen LogP contribution in [0.5, 0.6) is 0 Å². The van der Waals surface area contributed by atoms with Gasteiger partial charge in [0.2, 0.25) is 0 Å². The molecule has 0 saturated heterocycles. The van der Waals surface area contributed by atoms with Crippen LogP contribution >= 0.6 is 15.9 Å². The van der Waals surface area contributed by atoms with Crippen LogP contribution in [0.25, 0.3) is 0 Å². The minimum Gasteiger partial charge on any atom is -0.372 e. The van der Waals surface area contributed by atoms with E-state index in [1.54, 1.807) is 0 Å². The number of halogens is 4. The van der Waals surface area contributed by atoms with Gasteiger partial charge in [-0.2, -0.15) is 13.2 Å². The first kappa shape index (κ1) is 16.5. The van der Waals surface area contributed by atoms with Gasteiger partial charge in [0, 0.05) is 17.1 Å². The Morgan fingerprint density at radius 3 is 2.42 bits per heavy atom. The molecule has 0 aliphatic rings. The Hall–Kier alpha value is -0.590. The molecule has 0 bridgehead atoms. The van der Waals surface area contributed by atoms with Crippen LogP contribution in [0.4, 0.5) is 13.2 Å². The van der Waals surface area contributed by atoms with Crippen LogP contribution < -0.4 is 5.32 Å². The monoisotopic (exact) mass is 339 g/mol. The quantitative estimate of drug-likeness (QED) is 0.756. The third-order valence-corrected chi connectivity index (χ3v) is 3.20. The summed E-state index contributed by atoms with van der Waals surface area (Å²) in [4.78, 5) is 0. The molecular weight excluding hydrogens is 323 g/mol. The average molecular weight is 340 g/mol. The van der Waals surface area contributed by atoms with Gasteiger partial charge in [0.05, 0.1) is 0 Å². The van der Waals surface area contributed by atoms with Crippen LogP contribution in [0, 0.1) is 0 Å². The van der Waals surface area contributed by atoms with E-state index in [4.69, 9.17) is 0 Å². The summed E-state index contributed by atoms with van der Waals surface area (Å²) in [7, 11) is 1.84. The molecule has 1 N–H and O–H groups in total. The van der Waals surface area contributed by atoms with E-state index in [1.165, 1.54) is 0 Å². The second kappa shape index (κ2) is 7.87. The number of nitrogens with one attached hydrogen (secondary N) is 1. The van der Waals surface area contributed by atoms with E-state index in [1.807, 2.05) is 31.3 Å². The van der Waals surface area contributed by atoms with Crippen molar-refractivity contribution >= 4 is 15.9 Å². The van der Waals surface area contributed by atoms with E-state index >= 15 is 0 Å². The summed E-state index contributed by atoms with van der Waals surface area (Å²) >= 11 is 3.36. The van der Waals surface area contributed by atoms with Gasteiger partial charge < -0.3 is 10.1 Å².